The topological polar surface area (TPSA) is 0 Å². The van der Waals surface area contributed by atoms with E-state index in [0.717, 1.165) is 6.42 Å². The summed E-state index contributed by atoms with van der Waals surface area (Å²) in [7, 11) is 0. The monoisotopic (exact) mass is 352 g/mol. The first-order valence-corrected chi connectivity index (χ1v) is 9.15. The van der Waals surface area contributed by atoms with Crippen LogP contribution in [0.2, 0.25) is 0 Å². The quantitative estimate of drug-likeness (QED) is 0.420. The van der Waals surface area contributed by atoms with Crippen molar-refractivity contribution in [1.82, 2.24) is 0 Å². The van der Waals surface area contributed by atoms with Crippen molar-refractivity contribution in [2.24, 2.45) is 0 Å². The van der Waals surface area contributed by atoms with Crippen LogP contribution in [0.4, 0.5) is 0 Å². The third-order valence-electron chi connectivity index (χ3n) is 3.10. The van der Waals surface area contributed by atoms with Gasteiger partial charge in [-0.15, -0.1) is 0 Å². The molecule has 0 heterocycles. The molecule has 0 unspecified atom stereocenters. The zero-order chi connectivity index (χ0) is 19.1. The SMILES string of the molecule is C1=CC\C=C/C=C\C=C/C=C\C=C/C=C\C=C/C=C\C=C/C=C\C=C/C=C\1. The van der Waals surface area contributed by atoms with Crippen LogP contribution in [0.25, 0.3) is 0 Å². The molecule has 0 saturated carbocycles. The number of allylic oxidation sites excluding steroid dienone is 26. The predicted octanol–water partition coefficient (Wildman–Crippen LogP) is 7.62. The standard InChI is InChI=1S/C27H28/c1-2-4-6-8-10-12-14-16-18-20-22-24-26-27-25-23-21-19-17-15-13-11-9-7-5-3-1/h1-26H,27H2/b2-1-,5-3-,6-4-,9-7-,10-8-,13-11-,14-12-,17-15-,18-16-,21-19-,22-20-,25-23-,26-24?. The summed E-state index contributed by atoms with van der Waals surface area (Å²) in [4.78, 5) is 0. The van der Waals surface area contributed by atoms with Crippen LogP contribution in [0.1, 0.15) is 6.42 Å². The molecule has 0 aromatic rings. The molecule has 0 fully saturated rings. The van der Waals surface area contributed by atoms with Gasteiger partial charge in [-0.25, -0.2) is 0 Å². The second kappa shape index (κ2) is 19.0. The molecule has 1 aliphatic carbocycles. The molecule has 0 radical (unpaired) electrons. The Morgan fingerprint density at radius 3 is 0.519 bits per heavy atom. The van der Waals surface area contributed by atoms with Gasteiger partial charge < -0.3 is 0 Å². The molecule has 0 bridgehead atoms. The molecule has 27 heavy (non-hydrogen) atoms. The van der Waals surface area contributed by atoms with Gasteiger partial charge in [-0.2, -0.15) is 0 Å². The Morgan fingerprint density at radius 2 is 0.333 bits per heavy atom. The van der Waals surface area contributed by atoms with E-state index in [4.69, 9.17) is 0 Å². The second-order valence-electron chi connectivity index (χ2n) is 5.33. The molecule has 0 spiro atoms. The second-order valence-corrected chi connectivity index (χ2v) is 5.33. The van der Waals surface area contributed by atoms with E-state index in [1.807, 2.05) is 134 Å². The fraction of sp³-hybridized carbons (Fsp3) is 0.0370. The van der Waals surface area contributed by atoms with Crippen molar-refractivity contribution in [3.05, 3.63) is 158 Å². The van der Waals surface area contributed by atoms with Crippen LogP contribution in [0.15, 0.2) is 158 Å². The van der Waals surface area contributed by atoms with E-state index < -0.39 is 0 Å². The number of hydrogen-bond donors (Lipinski definition) is 0. The minimum atomic E-state index is 0.924. The van der Waals surface area contributed by atoms with Gasteiger partial charge >= 0.3 is 0 Å². The average molecular weight is 353 g/mol. The Balaban J connectivity index is 2.64. The first-order chi connectivity index (χ1) is 13.5. The van der Waals surface area contributed by atoms with Gasteiger partial charge in [0.05, 0.1) is 0 Å². The van der Waals surface area contributed by atoms with Gasteiger partial charge in [0.1, 0.15) is 0 Å². The normalized spacial score (nSPS) is 30.5. The maximum absolute atomic E-state index is 2.12. The molecule has 0 aromatic carbocycles. The van der Waals surface area contributed by atoms with E-state index in [2.05, 4.69) is 24.3 Å². The van der Waals surface area contributed by atoms with Crippen molar-refractivity contribution in [1.29, 1.82) is 0 Å². The molecule has 0 atom stereocenters. The highest BCUT2D eigenvalue weighted by atomic mass is 13.8. The maximum atomic E-state index is 2.12. The summed E-state index contributed by atoms with van der Waals surface area (Å²) in [5.41, 5.74) is 0. The Bertz CT molecular complexity index is 682. The first kappa shape index (κ1) is 21.7. The molecule has 0 aliphatic heterocycles. The molecule has 0 amide bonds. The van der Waals surface area contributed by atoms with Crippen LogP contribution in [-0.4, -0.2) is 0 Å². The van der Waals surface area contributed by atoms with Crippen molar-refractivity contribution in [2.75, 3.05) is 0 Å². The van der Waals surface area contributed by atoms with Crippen molar-refractivity contribution in [3.63, 3.8) is 0 Å². The zero-order valence-corrected chi connectivity index (χ0v) is 15.7. The molecule has 136 valence electrons. The summed E-state index contributed by atoms with van der Waals surface area (Å²) in [6.45, 7) is 0. The van der Waals surface area contributed by atoms with Gasteiger partial charge in [-0.3, -0.25) is 0 Å². The minimum Gasteiger partial charge on any atom is -0.0807 e. The molecule has 1 aliphatic rings. The first-order valence-electron chi connectivity index (χ1n) is 9.15. The van der Waals surface area contributed by atoms with Gasteiger partial charge in [0.25, 0.3) is 0 Å². The molecular weight excluding hydrogens is 324 g/mol. The Morgan fingerprint density at radius 1 is 0.185 bits per heavy atom. The maximum Gasteiger partial charge on any atom is -0.0163 e. The van der Waals surface area contributed by atoms with Crippen molar-refractivity contribution >= 4 is 0 Å². The van der Waals surface area contributed by atoms with Gasteiger partial charge in [0.2, 0.25) is 0 Å². The lowest BCUT2D eigenvalue weighted by Gasteiger charge is -1.79. The summed E-state index contributed by atoms with van der Waals surface area (Å²) in [6, 6.07) is 0. The van der Waals surface area contributed by atoms with Gasteiger partial charge in [-0.05, 0) is 6.42 Å². The lowest BCUT2D eigenvalue weighted by molar-refractivity contribution is 1.39. The molecular formula is C27H28. The van der Waals surface area contributed by atoms with Crippen LogP contribution in [0.5, 0.6) is 0 Å². The van der Waals surface area contributed by atoms with Crippen LogP contribution >= 0.6 is 0 Å². The van der Waals surface area contributed by atoms with Crippen LogP contribution in [0.3, 0.4) is 0 Å². The number of hydrogen-bond acceptors (Lipinski definition) is 0. The highest BCUT2D eigenvalue weighted by molar-refractivity contribution is 5.23. The van der Waals surface area contributed by atoms with E-state index >= 15 is 0 Å². The van der Waals surface area contributed by atoms with Crippen LogP contribution in [0, 0.1) is 0 Å². The van der Waals surface area contributed by atoms with Gasteiger partial charge in [0.15, 0.2) is 0 Å². The number of rotatable bonds is 0. The van der Waals surface area contributed by atoms with Crippen LogP contribution < -0.4 is 0 Å². The average Bonchev–Trinajstić information content (AvgIpc) is 2.68. The molecule has 0 N–H and O–H groups in total. The molecule has 0 aromatic heterocycles. The lowest BCUT2D eigenvalue weighted by Crippen LogP contribution is -1.58. The third-order valence-corrected chi connectivity index (χ3v) is 3.10. The fourth-order valence-corrected chi connectivity index (χ4v) is 1.80. The third kappa shape index (κ3) is 17.2. The lowest BCUT2D eigenvalue weighted by atomic mass is 10.3. The molecule has 0 saturated heterocycles. The Labute approximate surface area is 164 Å². The summed E-state index contributed by atoms with van der Waals surface area (Å²) >= 11 is 0. The van der Waals surface area contributed by atoms with E-state index in [0.29, 0.717) is 0 Å². The van der Waals surface area contributed by atoms with E-state index in [1.54, 1.807) is 0 Å². The summed E-state index contributed by atoms with van der Waals surface area (Å²) in [5, 5.41) is 0. The molecule has 0 nitrogen and oxygen atoms in total. The summed E-state index contributed by atoms with van der Waals surface area (Å²) in [5.74, 6) is 0. The Kier molecular flexibility index (Phi) is 15.2. The smallest absolute Gasteiger partial charge is 0.0163 e. The van der Waals surface area contributed by atoms with E-state index in [1.165, 1.54) is 0 Å². The molecule has 0 heteroatoms. The fourth-order valence-electron chi connectivity index (χ4n) is 1.80. The predicted molar refractivity (Wildman–Crippen MR) is 123 cm³/mol. The minimum absolute atomic E-state index is 0.924. The Hall–Kier alpha value is -3.38. The van der Waals surface area contributed by atoms with Crippen LogP contribution in [-0.2, 0) is 0 Å². The van der Waals surface area contributed by atoms with E-state index in [9.17, 15) is 0 Å². The zero-order valence-electron chi connectivity index (χ0n) is 15.7. The van der Waals surface area contributed by atoms with Crippen molar-refractivity contribution < 1.29 is 0 Å². The van der Waals surface area contributed by atoms with Gasteiger partial charge in [0, 0.05) is 0 Å². The van der Waals surface area contributed by atoms with Crippen molar-refractivity contribution in [3.8, 4) is 0 Å². The van der Waals surface area contributed by atoms with Crippen molar-refractivity contribution in [2.45, 2.75) is 6.42 Å². The summed E-state index contributed by atoms with van der Waals surface area (Å²) < 4.78 is 0. The largest absolute Gasteiger partial charge is 0.0807 e. The van der Waals surface area contributed by atoms with Gasteiger partial charge in [-0.1, -0.05) is 158 Å². The summed E-state index contributed by atoms with van der Waals surface area (Å²) in [6.07, 6.45) is 53.5. The molecule has 1 rings (SSSR count). The highest BCUT2D eigenvalue weighted by Crippen LogP contribution is 1.91. The van der Waals surface area contributed by atoms with E-state index in [-0.39, 0.29) is 0 Å². The highest BCUT2D eigenvalue weighted by Gasteiger charge is 1.69.